The van der Waals surface area contributed by atoms with Crippen LogP contribution in [0.25, 0.3) is 11.3 Å². The molecule has 2 saturated heterocycles. The van der Waals surface area contributed by atoms with Crippen molar-refractivity contribution in [2.75, 3.05) is 41.5 Å². The molecular formula is C52H69ClN12O10. The molecule has 2 fully saturated rings. The van der Waals surface area contributed by atoms with Gasteiger partial charge in [-0.05, 0) is 90.2 Å². The number of hydrogen-bond acceptors (Lipinski definition) is 16. The first-order valence-corrected chi connectivity index (χ1v) is 25.3. The van der Waals surface area contributed by atoms with Crippen molar-refractivity contribution in [3.8, 4) is 0 Å². The Morgan fingerprint density at radius 1 is 0.720 bits per heavy atom. The molecule has 2 amide bonds. The molecule has 0 saturated carbocycles. The number of hydrogen-bond donors (Lipinski definition) is 2. The number of aromatic nitrogens is 6. The minimum atomic E-state index is -0.749. The van der Waals surface area contributed by atoms with Gasteiger partial charge >= 0.3 is 12.2 Å². The first-order chi connectivity index (χ1) is 35.4. The molecule has 0 unspecified atom stereocenters. The summed E-state index contributed by atoms with van der Waals surface area (Å²) in [6.45, 7) is 21.9. The molecule has 75 heavy (non-hydrogen) atoms. The molecule has 4 aromatic heterocycles. The lowest BCUT2D eigenvalue weighted by molar-refractivity contribution is -0.385. The fourth-order valence-electron chi connectivity index (χ4n) is 7.95. The minimum absolute atomic E-state index is 0.0168. The highest BCUT2D eigenvalue weighted by atomic mass is 35.5. The van der Waals surface area contributed by atoms with Crippen molar-refractivity contribution in [1.29, 1.82) is 0 Å². The van der Waals surface area contributed by atoms with Gasteiger partial charge in [0.2, 0.25) is 0 Å². The molecule has 3 N–H and O–H groups in total. The Kier molecular flexibility index (Phi) is 19.1. The zero-order valence-corrected chi connectivity index (χ0v) is 45.1. The Morgan fingerprint density at radius 3 is 1.55 bits per heavy atom. The molecule has 6 heterocycles. The molecule has 23 heteroatoms. The second-order valence-corrected chi connectivity index (χ2v) is 21.3. The van der Waals surface area contributed by atoms with Gasteiger partial charge in [0.05, 0.1) is 35.3 Å². The summed E-state index contributed by atoms with van der Waals surface area (Å²) in [6, 6.07) is 16.2. The third kappa shape index (κ3) is 16.0. The fraction of sp³-hybridized carbons (Fsp3) is 0.500. The Balaban J connectivity index is 0.000000218. The van der Waals surface area contributed by atoms with E-state index in [1.54, 1.807) is 88.8 Å². The normalized spacial score (nSPS) is 14.4. The molecule has 2 aliphatic heterocycles. The van der Waals surface area contributed by atoms with E-state index in [0.717, 1.165) is 50.0 Å². The van der Waals surface area contributed by atoms with Crippen molar-refractivity contribution in [3.63, 3.8) is 0 Å². The van der Waals surface area contributed by atoms with E-state index < -0.39 is 33.2 Å². The van der Waals surface area contributed by atoms with Crippen molar-refractivity contribution in [3.05, 3.63) is 121 Å². The van der Waals surface area contributed by atoms with Gasteiger partial charge < -0.3 is 30.0 Å². The highest BCUT2D eigenvalue weighted by molar-refractivity contribution is 6.29. The third-order valence-corrected chi connectivity index (χ3v) is 11.9. The molecule has 22 nitrogen and oxygen atoms in total. The van der Waals surface area contributed by atoms with E-state index in [1.165, 1.54) is 44.6 Å². The monoisotopic (exact) mass is 1060 g/mol. The van der Waals surface area contributed by atoms with E-state index in [0.29, 0.717) is 59.1 Å². The van der Waals surface area contributed by atoms with Crippen LogP contribution in [-0.4, -0.2) is 101 Å². The molecule has 0 atom stereocenters. The second-order valence-electron chi connectivity index (χ2n) is 20.9. The maximum absolute atomic E-state index is 13.5. The average molecular weight is 1060 g/mol. The predicted molar refractivity (Wildman–Crippen MR) is 286 cm³/mol. The number of halogens is 1. The Labute approximate surface area is 441 Å². The van der Waals surface area contributed by atoms with Crippen LogP contribution in [0.2, 0.25) is 5.15 Å². The van der Waals surface area contributed by atoms with Gasteiger partial charge in [0.15, 0.2) is 11.3 Å². The fourth-order valence-corrected chi connectivity index (χ4v) is 8.13. The molecule has 2 aromatic carbocycles. The number of anilines is 3. The zero-order valence-electron chi connectivity index (χ0n) is 44.3. The quantitative estimate of drug-likeness (QED) is 0.0655. The molecule has 0 bridgehead atoms. The number of nitro benzene ring substituents is 2. The Hall–Kier alpha value is -7.01. The number of rotatable bonds is 12. The number of ether oxygens (including phenoxy) is 4. The summed E-state index contributed by atoms with van der Waals surface area (Å²) < 4.78 is 25.1. The van der Waals surface area contributed by atoms with Gasteiger partial charge in [0, 0.05) is 86.0 Å². The number of nitrogens with zero attached hydrogens (tertiary/aromatic N) is 10. The highest BCUT2D eigenvalue weighted by Crippen LogP contribution is 2.32. The molecule has 0 aliphatic carbocycles. The topological polar surface area (TPSA) is 262 Å². The lowest BCUT2D eigenvalue weighted by Crippen LogP contribution is -2.38. The number of nitro groups is 2. The summed E-state index contributed by atoms with van der Waals surface area (Å²) >= 11 is 6.29. The summed E-state index contributed by atoms with van der Waals surface area (Å²) in [6.07, 6.45) is 6.00. The number of carbonyl (C=O) groups is 2. The maximum atomic E-state index is 13.5. The first kappa shape index (κ1) is 57.3. The van der Waals surface area contributed by atoms with Crippen molar-refractivity contribution in [2.24, 2.45) is 5.73 Å². The van der Waals surface area contributed by atoms with E-state index in [-0.39, 0.29) is 47.5 Å². The van der Waals surface area contributed by atoms with Crippen LogP contribution >= 0.6 is 11.6 Å². The molecule has 0 spiro atoms. The predicted octanol–water partition coefficient (Wildman–Crippen LogP) is 10.8. The van der Waals surface area contributed by atoms with Gasteiger partial charge in [-0.2, -0.15) is 19.2 Å². The summed E-state index contributed by atoms with van der Waals surface area (Å²) in [5.74, 6) is 1.71. The summed E-state index contributed by atoms with van der Waals surface area (Å²) in [5, 5.41) is 35.2. The number of nitrogens with one attached hydrogen (secondary N) is 1. The summed E-state index contributed by atoms with van der Waals surface area (Å²) in [5.41, 5.74) is 8.06. The standard InChI is InChI=1S/C26H34N6O5.C21H24ClN5O4.C5H11NO/c1-17(2)21-15-27-31-23(14-22(29-24(21)31)28-19-9-11-36-12-10-19)30(25(33)37-26(3,4)5)16-18-7-6-8-20(13-18)32(34)35;1-13(2)16-11-23-26-18(10-17(22)24-19(16)26)25(20(28)31-21(3,4)5)12-14-7-6-8-15(9-14)27(29)30;6-5-1-3-7-4-2-5/h6-8,13-15,17,19H,9-12,16H2,1-5H3,(H,28,29);6-11,13H,12H2,1-5H3;5H,1-4,6H2. The Bertz CT molecular complexity index is 2940. The number of non-ortho nitro benzene ring substituents is 2. The van der Waals surface area contributed by atoms with E-state index in [9.17, 15) is 29.8 Å². The van der Waals surface area contributed by atoms with Crippen molar-refractivity contribution < 1.29 is 38.4 Å². The van der Waals surface area contributed by atoms with Gasteiger partial charge in [0.1, 0.15) is 33.8 Å². The van der Waals surface area contributed by atoms with E-state index >= 15 is 0 Å². The number of amides is 2. The van der Waals surface area contributed by atoms with Crippen LogP contribution in [0.4, 0.5) is 38.4 Å². The molecule has 6 aromatic rings. The van der Waals surface area contributed by atoms with Gasteiger partial charge in [-0.15, -0.1) is 0 Å². The second kappa shape index (κ2) is 25.0. The van der Waals surface area contributed by atoms with Crippen molar-refractivity contribution >= 4 is 63.9 Å². The largest absolute Gasteiger partial charge is 0.443 e. The van der Waals surface area contributed by atoms with Gasteiger partial charge in [-0.3, -0.25) is 30.0 Å². The lowest BCUT2D eigenvalue weighted by Gasteiger charge is -2.28. The third-order valence-electron chi connectivity index (χ3n) is 11.7. The van der Waals surface area contributed by atoms with Crippen LogP contribution in [0.3, 0.4) is 0 Å². The maximum Gasteiger partial charge on any atom is 0.416 e. The van der Waals surface area contributed by atoms with Crippen LogP contribution in [0.1, 0.15) is 129 Å². The molecule has 8 rings (SSSR count). The highest BCUT2D eigenvalue weighted by Gasteiger charge is 2.30. The van der Waals surface area contributed by atoms with Gasteiger partial charge in [0.25, 0.3) is 11.4 Å². The van der Waals surface area contributed by atoms with E-state index in [1.807, 2.05) is 13.8 Å². The van der Waals surface area contributed by atoms with Crippen LogP contribution < -0.4 is 20.9 Å². The molecule has 404 valence electrons. The average Bonchev–Trinajstić information content (AvgIpc) is 3.97. The van der Waals surface area contributed by atoms with Crippen LogP contribution in [0.5, 0.6) is 0 Å². The summed E-state index contributed by atoms with van der Waals surface area (Å²) in [7, 11) is 0. The van der Waals surface area contributed by atoms with Crippen molar-refractivity contribution in [2.45, 2.75) is 143 Å². The van der Waals surface area contributed by atoms with Crippen LogP contribution in [0.15, 0.2) is 73.1 Å². The SMILES string of the molecule is CC(C)c1cnn2c(N(Cc3cccc([N+](=O)[O-])c3)C(=O)OC(C)(C)C)cc(Cl)nc12.CC(C)c1cnn2c(N(Cc3cccc([N+](=O)[O-])c3)C(=O)OC(C)(C)C)cc(NC3CCOCC3)nc12.NC1CCOCC1. The lowest BCUT2D eigenvalue weighted by atomic mass is 10.1. The number of carbonyl (C=O) groups excluding carboxylic acids is 2. The van der Waals surface area contributed by atoms with Gasteiger partial charge in [-0.25, -0.2) is 19.6 Å². The Morgan fingerprint density at radius 2 is 1.15 bits per heavy atom. The number of benzene rings is 2. The summed E-state index contributed by atoms with van der Waals surface area (Å²) in [4.78, 5) is 60.3. The zero-order chi connectivity index (χ0) is 54.8. The molecule has 0 radical (unpaired) electrons. The van der Waals surface area contributed by atoms with Crippen LogP contribution in [-0.2, 0) is 32.0 Å². The van der Waals surface area contributed by atoms with Crippen molar-refractivity contribution in [1.82, 2.24) is 29.2 Å². The van der Waals surface area contributed by atoms with Crippen LogP contribution in [0, 0.1) is 20.2 Å². The molecular weight excluding hydrogens is 988 g/mol. The minimum Gasteiger partial charge on any atom is -0.443 e. The van der Waals surface area contributed by atoms with Gasteiger partial charge in [-0.1, -0.05) is 63.6 Å². The number of nitrogens with two attached hydrogens (primary N) is 1. The van der Waals surface area contributed by atoms with E-state index in [4.69, 9.17) is 41.3 Å². The van der Waals surface area contributed by atoms with E-state index in [2.05, 4.69) is 34.3 Å². The number of fused-ring (bicyclic) bond motifs is 2. The first-order valence-electron chi connectivity index (χ1n) is 25.0. The molecule has 2 aliphatic rings. The smallest absolute Gasteiger partial charge is 0.416 e.